The van der Waals surface area contributed by atoms with Gasteiger partial charge in [0.1, 0.15) is 5.56 Å². The number of halogens is 1. The molecule has 0 saturated carbocycles. The van der Waals surface area contributed by atoms with Gasteiger partial charge in [0.15, 0.2) is 0 Å². The van der Waals surface area contributed by atoms with Gasteiger partial charge in [-0.3, -0.25) is 14.9 Å². The summed E-state index contributed by atoms with van der Waals surface area (Å²) in [6.45, 7) is -0.206. The highest BCUT2D eigenvalue weighted by atomic mass is 35.5. The van der Waals surface area contributed by atoms with Crippen molar-refractivity contribution in [3.63, 3.8) is 0 Å². The van der Waals surface area contributed by atoms with Gasteiger partial charge in [0.25, 0.3) is 11.6 Å². The minimum atomic E-state index is -0.663. The standard InChI is InChI=1S/C9H9ClN2O4/c10-6-1-2-8(12(15)16)7(5-6)9(14)11-3-4-13/h1-2,5,13H,3-4H2,(H,11,14). The summed E-state index contributed by atoms with van der Waals surface area (Å²) in [4.78, 5) is 21.5. The molecule has 0 aliphatic carbocycles. The van der Waals surface area contributed by atoms with Gasteiger partial charge >= 0.3 is 0 Å². The zero-order valence-electron chi connectivity index (χ0n) is 8.14. The molecule has 1 amide bonds. The first kappa shape index (κ1) is 12.4. The summed E-state index contributed by atoms with van der Waals surface area (Å²) >= 11 is 5.65. The summed E-state index contributed by atoms with van der Waals surface area (Å²) < 4.78 is 0. The second kappa shape index (κ2) is 5.43. The van der Waals surface area contributed by atoms with Gasteiger partial charge in [0.2, 0.25) is 0 Å². The van der Waals surface area contributed by atoms with Crippen LogP contribution in [-0.2, 0) is 0 Å². The monoisotopic (exact) mass is 244 g/mol. The Kier molecular flexibility index (Phi) is 4.21. The molecule has 6 nitrogen and oxygen atoms in total. The van der Waals surface area contributed by atoms with Crippen molar-refractivity contribution in [2.75, 3.05) is 13.2 Å². The maximum absolute atomic E-state index is 11.5. The summed E-state index contributed by atoms with van der Waals surface area (Å²) in [5, 5.41) is 21.7. The smallest absolute Gasteiger partial charge is 0.282 e. The molecule has 2 N–H and O–H groups in total. The largest absolute Gasteiger partial charge is 0.395 e. The first-order chi connectivity index (χ1) is 7.56. The van der Waals surface area contributed by atoms with Crippen LogP contribution in [0.2, 0.25) is 5.02 Å². The molecule has 7 heteroatoms. The van der Waals surface area contributed by atoms with E-state index in [1.54, 1.807) is 0 Å². The third kappa shape index (κ3) is 2.91. The van der Waals surface area contributed by atoms with Gasteiger partial charge in [-0.2, -0.15) is 0 Å². The predicted molar refractivity (Wildman–Crippen MR) is 57.5 cm³/mol. The summed E-state index contributed by atoms with van der Waals surface area (Å²) in [5.41, 5.74) is -0.439. The van der Waals surface area contributed by atoms with Crippen molar-refractivity contribution in [2.24, 2.45) is 0 Å². The fraction of sp³-hybridized carbons (Fsp3) is 0.222. The second-order valence-corrected chi connectivity index (χ2v) is 3.33. The minimum Gasteiger partial charge on any atom is -0.395 e. The zero-order valence-corrected chi connectivity index (χ0v) is 8.90. The Morgan fingerprint density at radius 2 is 2.25 bits per heavy atom. The lowest BCUT2D eigenvalue weighted by Crippen LogP contribution is -2.27. The van der Waals surface area contributed by atoms with Crippen LogP contribution >= 0.6 is 11.6 Å². The third-order valence-corrected chi connectivity index (χ3v) is 2.03. The van der Waals surface area contributed by atoms with E-state index in [9.17, 15) is 14.9 Å². The molecule has 0 aliphatic rings. The number of nitro groups is 1. The highest BCUT2D eigenvalue weighted by molar-refractivity contribution is 6.31. The number of aliphatic hydroxyl groups is 1. The molecule has 0 fully saturated rings. The molecule has 0 heterocycles. The Morgan fingerprint density at radius 1 is 1.56 bits per heavy atom. The zero-order chi connectivity index (χ0) is 12.1. The number of carbonyl (C=O) groups excluding carboxylic acids is 1. The van der Waals surface area contributed by atoms with Crippen LogP contribution in [0.3, 0.4) is 0 Å². The Bertz CT molecular complexity index is 422. The molecule has 0 saturated heterocycles. The maximum Gasteiger partial charge on any atom is 0.282 e. The van der Waals surface area contributed by atoms with Crippen molar-refractivity contribution in [3.8, 4) is 0 Å². The molecule has 0 bridgehead atoms. The molecule has 0 aromatic heterocycles. The molecule has 0 aliphatic heterocycles. The average molecular weight is 245 g/mol. The average Bonchev–Trinajstić information content (AvgIpc) is 2.25. The lowest BCUT2D eigenvalue weighted by atomic mass is 10.1. The minimum absolute atomic E-state index is 0.0303. The normalized spacial score (nSPS) is 9.88. The number of hydrogen-bond donors (Lipinski definition) is 2. The van der Waals surface area contributed by atoms with E-state index >= 15 is 0 Å². The highest BCUT2D eigenvalue weighted by Crippen LogP contribution is 2.22. The van der Waals surface area contributed by atoms with Crippen LogP contribution < -0.4 is 5.32 Å². The Morgan fingerprint density at radius 3 is 2.81 bits per heavy atom. The lowest BCUT2D eigenvalue weighted by Gasteiger charge is -2.04. The van der Waals surface area contributed by atoms with Crippen LogP contribution in [0.25, 0.3) is 0 Å². The molecule has 0 unspecified atom stereocenters. The van der Waals surface area contributed by atoms with Crippen LogP contribution in [0.4, 0.5) is 5.69 Å². The van der Waals surface area contributed by atoms with Crippen LogP contribution in [0, 0.1) is 10.1 Å². The van der Waals surface area contributed by atoms with E-state index in [-0.39, 0.29) is 29.4 Å². The molecule has 1 rings (SSSR count). The number of aliphatic hydroxyl groups excluding tert-OH is 1. The first-order valence-electron chi connectivity index (χ1n) is 4.39. The fourth-order valence-corrected chi connectivity index (χ4v) is 1.29. The fourth-order valence-electron chi connectivity index (χ4n) is 1.11. The van der Waals surface area contributed by atoms with Gasteiger partial charge in [-0.15, -0.1) is 0 Å². The van der Waals surface area contributed by atoms with Crippen molar-refractivity contribution >= 4 is 23.2 Å². The molecule has 1 aromatic rings. The van der Waals surface area contributed by atoms with Gasteiger partial charge in [0, 0.05) is 17.6 Å². The summed E-state index contributed by atoms with van der Waals surface area (Å²) in [5.74, 6) is -0.636. The summed E-state index contributed by atoms with van der Waals surface area (Å²) in [6.07, 6.45) is 0. The summed E-state index contributed by atoms with van der Waals surface area (Å²) in [6, 6.07) is 3.71. The van der Waals surface area contributed by atoms with Crippen molar-refractivity contribution in [2.45, 2.75) is 0 Å². The van der Waals surface area contributed by atoms with Crippen molar-refractivity contribution in [1.82, 2.24) is 5.32 Å². The molecule has 0 atom stereocenters. The number of rotatable bonds is 4. The molecule has 16 heavy (non-hydrogen) atoms. The van der Waals surface area contributed by atoms with Gasteiger partial charge < -0.3 is 10.4 Å². The van der Waals surface area contributed by atoms with E-state index in [0.717, 1.165) is 6.07 Å². The molecule has 1 aromatic carbocycles. The number of nitro benzene ring substituents is 1. The van der Waals surface area contributed by atoms with Crippen molar-refractivity contribution in [3.05, 3.63) is 38.9 Å². The Hall–Kier alpha value is -1.66. The van der Waals surface area contributed by atoms with Gasteiger partial charge in [0.05, 0.1) is 11.5 Å². The first-order valence-corrected chi connectivity index (χ1v) is 4.77. The maximum atomic E-state index is 11.5. The van der Waals surface area contributed by atoms with E-state index < -0.39 is 10.8 Å². The van der Waals surface area contributed by atoms with Crippen molar-refractivity contribution < 1.29 is 14.8 Å². The Labute approximate surface area is 96.0 Å². The van der Waals surface area contributed by atoms with Crippen LogP contribution in [-0.4, -0.2) is 29.1 Å². The number of benzene rings is 1. The van der Waals surface area contributed by atoms with Crippen LogP contribution in [0.5, 0.6) is 0 Å². The van der Waals surface area contributed by atoms with Gasteiger partial charge in [-0.1, -0.05) is 11.6 Å². The lowest BCUT2D eigenvalue weighted by molar-refractivity contribution is -0.385. The van der Waals surface area contributed by atoms with E-state index in [2.05, 4.69) is 5.32 Å². The predicted octanol–water partition coefficient (Wildman–Crippen LogP) is 0.970. The molecule has 0 spiro atoms. The quantitative estimate of drug-likeness (QED) is 0.610. The highest BCUT2D eigenvalue weighted by Gasteiger charge is 2.19. The van der Waals surface area contributed by atoms with Gasteiger partial charge in [-0.05, 0) is 12.1 Å². The number of amides is 1. The third-order valence-electron chi connectivity index (χ3n) is 1.80. The van der Waals surface area contributed by atoms with Crippen LogP contribution in [0.15, 0.2) is 18.2 Å². The topological polar surface area (TPSA) is 92.5 Å². The SMILES string of the molecule is O=C(NCCO)c1cc(Cl)ccc1[N+](=O)[O-]. The second-order valence-electron chi connectivity index (χ2n) is 2.90. The van der Waals surface area contributed by atoms with Crippen LogP contribution in [0.1, 0.15) is 10.4 Å². The molecular formula is C9H9ClN2O4. The summed E-state index contributed by atoms with van der Waals surface area (Å²) in [7, 11) is 0. The number of nitrogens with zero attached hydrogens (tertiary/aromatic N) is 1. The van der Waals surface area contributed by atoms with Crippen molar-refractivity contribution in [1.29, 1.82) is 0 Å². The number of hydrogen-bond acceptors (Lipinski definition) is 4. The van der Waals surface area contributed by atoms with E-state index in [0.29, 0.717) is 0 Å². The van der Waals surface area contributed by atoms with Gasteiger partial charge in [-0.25, -0.2) is 0 Å². The Balaban J connectivity index is 3.04. The number of carbonyl (C=O) groups is 1. The number of nitrogens with one attached hydrogen (secondary N) is 1. The van der Waals surface area contributed by atoms with E-state index in [1.165, 1.54) is 12.1 Å². The molecule has 86 valence electrons. The molecule has 0 radical (unpaired) electrons. The molecular weight excluding hydrogens is 236 g/mol. The van der Waals surface area contributed by atoms with E-state index in [4.69, 9.17) is 16.7 Å². The van der Waals surface area contributed by atoms with E-state index in [1.807, 2.05) is 0 Å².